The number of ether oxygens (including phenoxy) is 1. The smallest absolute Gasteiger partial charge is 0.337 e. The number of halogens is 10. The molecule has 18 heteroatoms. The summed E-state index contributed by atoms with van der Waals surface area (Å²) in [7, 11) is -18.8. The van der Waals surface area contributed by atoms with Gasteiger partial charge in [-0.15, -0.1) is 0 Å². The van der Waals surface area contributed by atoms with E-state index in [1.54, 1.807) is 0 Å². The highest BCUT2D eigenvalue weighted by Crippen LogP contribution is 3.02. The summed E-state index contributed by atoms with van der Waals surface area (Å²) in [6.07, 6.45) is 0. The van der Waals surface area contributed by atoms with Crippen LogP contribution >= 0.6 is 20.4 Å². The van der Waals surface area contributed by atoms with Crippen LogP contribution in [0.5, 0.6) is 0 Å². The summed E-state index contributed by atoms with van der Waals surface area (Å²) in [5.41, 5.74) is -0.119. The summed E-state index contributed by atoms with van der Waals surface area (Å²) in [5.74, 6) is -1.25. The molecule has 0 atom stereocenters. The fourth-order valence-electron chi connectivity index (χ4n) is 3.34. The molecule has 6 nitrogen and oxygen atoms in total. The Kier molecular flexibility index (Phi) is 5.69. The fraction of sp³-hybridized carbons (Fsp3) is 0.0455. The zero-order valence-electron chi connectivity index (χ0n) is 19.7. The molecule has 0 bridgehead atoms. The Morgan fingerprint density at radius 1 is 0.625 bits per heavy atom. The number of fused-ring (bicyclic) bond motifs is 1. The summed E-state index contributed by atoms with van der Waals surface area (Å²) in [4.78, 5) is 16.0. The van der Waals surface area contributed by atoms with E-state index in [-0.39, 0.29) is 63.9 Å². The number of aromatic nitrogens is 2. The SMILES string of the molecule is COC(=O)c1ccc2nc(Nc3ccc(S(F)(F)(F)(F)F)cc3)c(Nc3ccc(S(F)(F)(F)(F)F)cc3)nc2c1. The van der Waals surface area contributed by atoms with Gasteiger partial charge in [0.1, 0.15) is 9.79 Å². The second-order valence-corrected chi connectivity index (χ2v) is 13.2. The molecule has 0 aliphatic carbocycles. The molecule has 218 valence electrons. The van der Waals surface area contributed by atoms with E-state index < -0.39 is 36.2 Å². The minimum atomic E-state index is -9.95. The average Bonchev–Trinajstić information content (AvgIpc) is 2.81. The first-order valence-electron chi connectivity index (χ1n) is 10.5. The molecule has 4 rings (SSSR count). The molecule has 0 aliphatic heterocycles. The van der Waals surface area contributed by atoms with Crippen molar-refractivity contribution in [3.05, 3.63) is 72.3 Å². The topological polar surface area (TPSA) is 76.1 Å². The van der Waals surface area contributed by atoms with Gasteiger partial charge in [0, 0.05) is 11.4 Å². The summed E-state index contributed by atoms with van der Waals surface area (Å²) in [6, 6.07) is 7.21. The molecule has 0 aliphatic rings. The minimum absolute atomic E-state index is 0.0442. The molecular weight excluding hydrogens is 606 g/mol. The first-order valence-corrected chi connectivity index (χ1v) is 14.4. The van der Waals surface area contributed by atoms with Gasteiger partial charge in [0.25, 0.3) is 0 Å². The van der Waals surface area contributed by atoms with E-state index in [9.17, 15) is 43.7 Å². The van der Waals surface area contributed by atoms with Crippen molar-refractivity contribution in [2.75, 3.05) is 17.7 Å². The summed E-state index contributed by atoms with van der Waals surface area (Å²) in [5, 5.41) is 5.12. The molecule has 1 aromatic heterocycles. The third kappa shape index (κ3) is 6.61. The van der Waals surface area contributed by atoms with Crippen LogP contribution in [0, 0.1) is 0 Å². The molecule has 0 saturated heterocycles. The van der Waals surface area contributed by atoms with Crippen molar-refractivity contribution in [3.63, 3.8) is 0 Å². The van der Waals surface area contributed by atoms with Gasteiger partial charge in [0.05, 0.1) is 23.7 Å². The monoisotopic (exact) mass is 622 g/mol. The van der Waals surface area contributed by atoms with Gasteiger partial charge in [-0.25, -0.2) is 14.8 Å². The third-order valence-electron chi connectivity index (χ3n) is 5.21. The van der Waals surface area contributed by atoms with Crippen LogP contribution < -0.4 is 10.6 Å². The normalized spacial score (nSPS) is 15.8. The average molecular weight is 623 g/mol. The van der Waals surface area contributed by atoms with Crippen molar-refractivity contribution >= 4 is 60.5 Å². The van der Waals surface area contributed by atoms with Gasteiger partial charge in [-0.3, -0.25) is 0 Å². The maximum atomic E-state index is 13.1. The second kappa shape index (κ2) is 7.84. The first kappa shape index (κ1) is 29.1. The number of hydrogen-bond donors (Lipinski definition) is 2. The fourth-order valence-corrected chi connectivity index (χ4v) is 4.64. The van der Waals surface area contributed by atoms with Crippen molar-refractivity contribution < 1.29 is 48.4 Å². The predicted octanol–water partition coefficient (Wildman–Crippen LogP) is 10.2. The highest BCUT2D eigenvalue weighted by Gasteiger charge is 2.66. The van der Waals surface area contributed by atoms with Crippen LogP contribution in [-0.4, -0.2) is 23.0 Å². The number of carbonyl (C=O) groups excluding carboxylic acids is 1. The van der Waals surface area contributed by atoms with E-state index in [4.69, 9.17) is 0 Å². The largest absolute Gasteiger partial charge is 0.465 e. The van der Waals surface area contributed by atoms with E-state index in [0.29, 0.717) is 24.3 Å². The van der Waals surface area contributed by atoms with Crippen LogP contribution in [0.4, 0.5) is 61.9 Å². The van der Waals surface area contributed by atoms with E-state index in [0.717, 1.165) is 7.11 Å². The summed E-state index contributed by atoms with van der Waals surface area (Å²) in [6.45, 7) is 0. The Hall–Kier alpha value is -3.93. The molecule has 0 radical (unpaired) electrons. The van der Waals surface area contributed by atoms with Gasteiger partial charge < -0.3 is 15.4 Å². The van der Waals surface area contributed by atoms with Crippen LogP contribution in [-0.2, 0) is 4.74 Å². The van der Waals surface area contributed by atoms with Crippen molar-refractivity contribution in [1.82, 2.24) is 9.97 Å². The lowest BCUT2D eigenvalue weighted by atomic mass is 10.2. The highest BCUT2D eigenvalue weighted by molar-refractivity contribution is 8.46. The molecule has 0 unspecified atom stereocenters. The number of rotatable bonds is 7. The number of esters is 1. The van der Waals surface area contributed by atoms with Gasteiger partial charge in [0.15, 0.2) is 11.6 Å². The zero-order valence-corrected chi connectivity index (χ0v) is 21.3. The van der Waals surface area contributed by atoms with Crippen LogP contribution in [0.25, 0.3) is 11.0 Å². The molecule has 2 N–H and O–H groups in total. The number of nitrogens with one attached hydrogen (secondary N) is 2. The van der Waals surface area contributed by atoms with Gasteiger partial charge >= 0.3 is 26.4 Å². The number of methoxy groups -OCH3 is 1. The van der Waals surface area contributed by atoms with Crippen molar-refractivity contribution in [3.8, 4) is 0 Å². The van der Waals surface area contributed by atoms with E-state index in [2.05, 4.69) is 25.3 Å². The molecule has 4 aromatic rings. The van der Waals surface area contributed by atoms with Gasteiger partial charge in [-0.05, 0) is 66.7 Å². The Morgan fingerprint density at radius 3 is 1.40 bits per heavy atom. The molecule has 0 saturated carbocycles. The van der Waals surface area contributed by atoms with Crippen LogP contribution in [0.1, 0.15) is 10.4 Å². The van der Waals surface area contributed by atoms with Crippen molar-refractivity contribution in [2.24, 2.45) is 0 Å². The lowest BCUT2D eigenvalue weighted by molar-refractivity contribution is 0.0600. The molecule has 0 spiro atoms. The number of anilines is 4. The van der Waals surface area contributed by atoms with E-state index >= 15 is 0 Å². The quantitative estimate of drug-likeness (QED) is 0.158. The van der Waals surface area contributed by atoms with Gasteiger partial charge in [-0.1, -0.05) is 38.9 Å². The highest BCUT2D eigenvalue weighted by atomic mass is 32.5. The van der Waals surface area contributed by atoms with E-state index in [1.165, 1.54) is 18.2 Å². The Morgan fingerprint density at radius 2 is 1.02 bits per heavy atom. The van der Waals surface area contributed by atoms with Gasteiger partial charge in [0.2, 0.25) is 0 Å². The maximum absolute atomic E-state index is 13.1. The van der Waals surface area contributed by atoms with Crippen LogP contribution in [0.2, 0.25) is 0 Å². The Balaban J connectivity index is 1.77. The minimum Gasteiger partial charge on any atom is -0.465 e. The molecule has 3 aromatic carbocycles. The lowest BCUT2D eigenvalue weighted by Gasteiger charge is -2.40. The van der Waals surface area contributed by atoms with E-state index in [1.807, 2.05) is 0 Å². The lowest BCUT2D eigenvalue weighted by Crippen LogP contribution is -2.07. The summed E-state index contributed by atoms with van der Waals surface area (Å²) < 4.78 is 135. The standard InChI is InChI=1S/C22H16F10N4O2S2/c1-38-22(37)13-2-11-18-19(12-13)36-21(34-15-5-9-17(10-6-15)40(28,29,30,31)32)20(35-18)33-14-3-7-16(8-4-14)39(23,24,25,26)27/h2-12H,1H3,(H,33,35)(H,34,36). The summed E-state index contributed by atoms with van der Waals surface area (Å²) >= 11 is 0. The second-order valence-electron chi connectivity index (χ2n) is 8.35. The number of hydrogen-bond acceptors (Lipinski definition) is 6. The molecule has 0 amide bonds. The zero-order chi connectivity index (χ0) is 29.9. The van der Waals surface area contributed by atoms with Crippen molar-refractivity contribution in [1.29, 1.82) is 0 Å². The predicted molar refractivity (Wildman–Crippen MR) is 133 cm³/mol. The Labute approximate surface area is 218 Å². The number of benzene rings is 3. The maximum Gasteiger partial charge on any atom is 0.337 e. The van der Waals surface area contributed by atoms with Crippen molar-refractivity contribution in [2.45, 2.75) is 9.79 Å². The van der Waals surface area contributed by atoms with Crippen LogP contribution in [0.3, 0.4) is 0 Å². The number of nitrogens with zero attached hydrogens (tertiary/aromatic N) is 2. The molecular formula is C22H16F10N4O2S2. The molecule has 0 fully saturated rings. The molecule has 40 heavy (non-hydrogen) atoms. The Bertz CT molecular complexity index is 1650. The first-order chi connectivity index (χ1) is 17.9. The molecule has 1 heterocycles. The van der Waals surface area contributed by atoms with Crippen LogP contribution in [0.15, 0.2) is 76.5 Å². The number of carbonyl (C=O) groups is 1. The third-order valence-corrected chi connectivity index (χ3v) is 7.54. The van der Waals surface area contributed by atoms with Gasteiger partial charge in [-0.2, -0.15) is 0 Å².